The van der Waals surface area contributed by atoms with Crippen molar-refractivity contribution in [1.82, 2.24) is 4.98 Å². The fourth-order valence-corrected chi connectivity index (χ4v) is 2.55. The highest BCUT2D eigenvalue weighted by Crippen LogP contribution is 2.31. The Hall–Kier alpha value is -3.54. The lowest BCUT2D eigenvalue weighted by Crippen LogP contribution is -2.13. The Balaban J connectivity index is 1.75. The van der Waals surface area contributed by atoms with Crippen molar-refractivity contribution in [2.45, 2.75) is 6.92 Å². The molecule has 1 heterocycles. The number of rotatable bonds is 6. The summed E-state index contributed by atoms with van der Waals surface area (Å²) in [5, 5.41) is 6.09. The summed E-state index contributed by atoms with van der Waals surface area (Å²) in [6.45, 7) is 2.00. The number of nitrogens with zero attached hydrogens (tertiary/aromatic N) is 1. The number of methoxy groups -OCH3 is 2. The minimum absolute atomic E-state index is 0.269. The molecule has 0 unspecified atom stereocenters. The molecule has 2 N–H and O–H groups in total. The molecule has 27 heavy (non-hydrogen) atoms. The highest BCUT2D eigenvalue weighted by molar-refractivity contribution is 6.03. The van der Waals surface area contributed by atoms with Crippen LogP contribution in [-0.4, -0.2) is 25.1 Å². The van der Waals surface area contributed by atoms with E-state index in [2.05, 4.69) is 15.6 Å². The summed E-state index contributed by atoms with van der Waals surface area (Å²) in [4.78, 5) is 16.6. The molecular weight excluding hydrogens is 342 g/mol. The normalized spacial score (nSPS) is 10.2. The van der Waals surface area contributed by atoms with Crippen molar-refractivity contribution < 1.29 is 14.3 Å². The minimum Gasteiger partial charge on any atom is -0.493 e. The fourth-order valence-electron chi connectivity index (χ4n) is 2.55. The van der Waals surface area contributed by atoms with Crippen molar-refractivity contribution in [2.24, 2.45) is 0 Å². The molecular formula is C21H21N3O3. The maximum absolute atomic E-state index is 12.4. The molecule has 0 aliphatic heterocycles. The standard InChI is InChI=1S/C21H21N3O3/c1-14-4-6-15(7-5-14)24-21(25)18-12-17(10-11-22-18)23-16-8-9-19(26-2)20(13-16)27-3/h4-13H,1-3H3,(H,22,23)(H,24,25). The smallest absolute Gasteiger partial charge is 0.274 e. The van der Waals surface area contributed by atoms with Crippen molar-refractivity contribution in [1.29, 1.82) is 0 Å². The predicted octanol–water partition coefficient (Wildman–Crippen LogP) is 4.40. The summed E-state index contributed by atoms with van der Waals surface area (Å²) in [5.41, 5.74) is 3.73. The largest absolute Gasteiger partial charge is 0.493 e. The second-order valence-electron chi connectivity index (χ2n) is 5.94. The molecule has 0 aliphatic carbocycles. The van der Waals surface area contributed by atoms with Crippen LogP contribution in [0.15, 0.2) is 60.8 Å². The van der Waals surface area contributed by atoms with Gasteiger partial charge in [-0.25, -0.2) is 0 Å². The molecule has 6 heteroatoms. The number of carbonyl (C=O) groups excluding carboxylic acids is 1. The number of pyridine rings is 1. The number of aryl methyl sites for hydroxylation is 1. The lowest BCUT2D eigenvalue weighted by Gasteiger charge is -2.12. The number of hydrogen-bond donors (Lipinski definition) is 2. The Morgan fingerprint density at radius 1 is 0.852 bits per heavy atom. The first-order valence-corrected chi connectivity index (χ1v) is 8.42. The number of benzene rings is 2. The number of aromatic nitrogens is 1. The average molecular weight is 363 g/mol. The first-order valence-electron chi connectivity index (χ1n) is 8.42. The zero-order chi connectivity index (χ0) is 19.2. The number of amides is 1. The van der Waals surface area contributed by atoms with Gasteiger partial charge >= 0.3 is 0 Å². The van der Waals surface area contributed by atoms with Crippen molar-refractivity contribution >= 4 is 23.0 Å². The van der Waals surface area contributed by atoms with E-state index in [9.17, 15) is 4.79 Å². The lowest BCUT2D eigenvalue weighted by molar-refractivity contribution is 0.102. The van der Waals surface area contributed by atoms with E-state index in [0.29, 0.717) is 17.2 Å². The van der Waals surface area contributed by atoms with E-state index in [4.69, 9.17) is 9.47 Å². The molecule has 0 saturated heterocycles. The van der Waals surface area contributed by atoms with E-state index in [1.807, 2.05) is 49.4 Å². The van der Waals surface area contributed by atoms with Crippen LogP contribution in [0.4, 0.5) is 17.1 Å². The van der Waals surface area contributed by atoms with Gasteiger partial charge in [0.2, 0.25) is 0 Å². The molecule has 6 nitrogen and oxygen atoms in total. The van der Waals surface area contributed by atoms with Crippen LogP contribution in [-0.2, 0) is 0 Å². The number of ether oxygens (including phenoxy) is 2. The Morgan fingerprint density at radius 2 is 1.52 bits per heavy atom. The average Bonchev–Trinajstić information content (AvgIpc) is 2.69. The highest BCUT2D eigenvalue weighted by Gasteiger charge is 2.10. The Morgan fingerprint density at radius 3 is 2.22 bits per heavy atom. The molecule has 1 amide bonds. The Kier molecular flexibility index (Phi) is 5.56. The third kappa shape index (κ3) is 4.55. The third-order valence-electron chi connectivity index (χ3n) is 3.97. The molecule has 0 bridgehead atoms. The van der Waals surface area contributed by atoms with Crippen molar-refractivity contribution in [3.63, 3.8) is 0 Å². The summed E-state index contributed by atoms with van der Waals surface area (Å²) in [6.07, 6.45) is 1.59. The maximum atomic E-state index is 12.4. The van der Waals surface area contributed by atoms with Crippen molar-refractivity contribution in [3.05, 3.63) is 72.1 Å². The molecule has 0 radical (unpaired) electrons. The molecule has 0 aliphatic rings. The first-order chi connectivity index (χ1) is 13.1. The summed E-state index contributed by atoms with van der Waals surface area (Å²) in [5.74, 6) is 1.000. The number of nitrogens with one attached hydrogen (secondary N) is 2. The third-order valence-corrected chi connectivity index (χ3v) is 3.97. The summed E-state index contributed by atoms with van der Waals surface area (Å²) in [7, 11) is 3.17. The van der Waals surface area contributed by atoms with Gasteiger partial charge in [-0.3, -0.25) is 9.78 Å². The van der Waals surface area contributed by atoms with Gasteiger partial charge in [0.15, 0.2) is 11.5 Å². The Bertz CT molecular complexity index is 940. The Labute approximate surface area is 158 Å². The van der Waals surface area contributed by atoms with Gasteiger partial charge in [-0.2, -0.15) is 0 Å². The van der Waals surface area contributed by atoms with E-state index in [1.165, 1.54) is 0 Å². The van der Waals surface area contributed by atoms with Crippen LogP contribution in [0.1, 0.15) is 16.1 Å². The van der Waals surface area contributed by atoms with Gasteiger partial charge < -0.3 is 20.1 Å². The van der Waals surface area contributed by atoms with Crippen molar-refractivity contribution in [3.8, 4) is 11.5 Å². The van der Waals surface area contributed by atoms with Crippen LogP contribution >= 0.6 is 0 Å². The van der Waals surface area contributed by atoms with Crippen LogP contribution in [0.3, 0.4) is 0 Å². The van der Waals surface area contributed by atoms with Crippen molar-refractivity contribution in [2.75, 3.05) is 24.9 Å². The van der Waals surface area contributed by atoms with Gasteiger partial charge in [0, 0.05) is 29.3 Å². The SMILES string of the molecule is COc1ccc(Nc2ccnc(C(=O)Nc3ccc(C)cc3)c2)cc1OC. The van der Waals surface area contributed by atoms with Gasteiger partial charge in [0.05, 0.1) is 14.2 Å². The first kappa shape index (κ1) is 18.3. The van der Waals surface area contributed by atoms with Gasteiger partial charge in [0.1, 0.15) is 5.69 Å². The summed E-state index contributed by atoms with van der Waals surface area (Å²) < 4.78 is 10.6. The molecule has 2 aromatic carbocycles. The molecule has 0 saturated carbocycles. The number of carbonyl (C=O) groups is 1. The van der Waals surface area contributed by atoms with Crippen LogP contribution in [0, 0.1) is 6.92 Å². The van der Waals surface area contributed by atoms with Crippen LogP contribution < -0.4 is 20.1 Å². The maximum Gasteiger partial charge on any atom is 0.274 e. The van der Waals surface area contributed by atoms with Gasteiger partial charge in [-0.15, -0.1) is 0 Å². The molecule has 0 atom stereocenters. The van der Waals surface area contributed by atoms with E-state index in [1.54, 1.807) is 32.5 Å². The molecule has 3 aromatic rings. The van der Waals surface area contributed by atoms with Gasteiger partial charge in [0.25, 0.3) is 5.91 Å². The number of hydrogen-bond acceptors (Lipinski definition) is 5. The van der Waals surface area contributed by atoms with E-state index < -0.39 is 0 Å². The lowest BCUT2D eigenvalue weighted by atomic mass is 10.2. The van der Waals surface area contributed by atoms with E-state index >= 15 is 0 Å². The fraction of sp³-hybridized carbons (Fsp3) is 0.143. The second-order valence-corrected chi connectivity index (χ2v) is 5.94. The van der Waals surface area contributed by atoms with Gasteiger partial charge in [-0.1, -0.05) is 17.7 Å². The van der Waals surface area contributed by atoms with Gasteiger partial charge in [-0.05, 0) is 43.3 Å². The molecule has 138 valence electrons. The van der Waals surface area contributed by atoms with Crippen LogP contribution in [0.25, 0.3) is 0 Å². The zero-order valence-electron chi connectivity index (χ0n) is 15.4. The molecule has 1 aromatic heterocycles. The number of anilines is 3. The highest BCUT2D eigenvalue weighted by atomic mass is 16.5. The monoisotopic (exact) mass is 363 g/mol. The summed E-state index contributed by atoms with van der Waals surface area (Å²) in [6, 6.07) is 16.6. The summed E-state index contributed by atoms with van der Waals surface area (Å²) >= 11 is 0. The van der Waals surface area contributed by atoms with E-state index in [0.717, 1.165) is 22.6 Å². The topological polar surface area (TPSA) is 72.5 Å². The zero-order valence-corrected chi connectivity index (χ0v) is 15.4. The predicted molar refractivity (Wildman–Crippen MR) is 106 cm³/mol. The molecule has 3 rings (SSSR count). The quantitative estimate of drug-likeness (QED) is 0.679. The second kappa shape index (κ2) is 8.23. The van der Waals surface area contributed by atoms with Crippen LogP contribution in [0.2, 0.25) is 0 Å². The molecule has 0 spiro atoms. The van der Waals surface area contributed by atoms with E-state index in [-0.39, 0.29) is 5.91 Å². The molecule has 0 fully saturated rings. The minimum atomic E-state index is -0.269. The van der Waals surface area contributed by atoms with Crippen LogP contribution in [0.5, 0.6) is 11.5 Å².